The molecule has 1 heterocycles. The number of rotatable bonds is 8. The predicted octanol–water partition coefficient (Wildman–Crippen LogP) is 2.63. The monoisotopic (exact) mass is 469 g/mol. The van der Waals surface area contributed by atoms with Crippen molar-refractivity contribution in [3.8, 4) is 0 Å². The summed E-state index contributed by atoms with van der Waals surface area (Å²) in [5.41, 5.74) is 2.91. The molecule has 0 spiro atoms. The zero-order valence-corrected chi connectivity index (χ0v) is 20.1. The van der Waals surface area contributed by atoms with Crippen molar-refractivity contribution in [3.63, 3.8) is 0 Å². The Balaban J connectivity index is 1.51. The van der Waals surface area contributed by atoms with Crippen molar-refractivity contribution in [1.29, 1.82) is 0 Å². The van der Waals surface area contributed by atoms with Crippen LogP contribution in [0.3, 0.4) is 0 Å². The Morgan fingerprint density at radius 3 is 2.21 bits per heavy atom. The van der Waals surface area contributed by atoms with Crippen LogP contribution in [0.4, 0.5) is 0 Å². The molecule has 8 heteroatoms. The lowest BCUT2D eigenvalue weighted by Gasteiger charge is -2.38. The van der Waals surface area contributed by atoms with Crippen LogP contribution in [-0.2, 0) is 26.7 Å². The first-order chi connectivity index (χ1) is 15.5. The second-order valence-corrected chi connectivity index (χ2v) is 11.1. The summed E-state index contributed by atoms with van der Waals surface area (Å²) in [6.45, 7) is 10.8. The van der Waals surface area contributed by atoms with E-state index < -0.39 is 10.0 Å². The molecule has 0 aromatic heterocycles. The largest absolute Gasteiger partial charge is 0.352 e. The van der Waals surface area contributed by atoms with Crippen LogP contribution in [0.5, 0.6) is 0 Å². The molecule has 0 bridgehead atoms. The van der Waals surface area contributed by atoms with Crippen LogP contribution in [0.25, 0.3) is 0 Å². The number of sulfonamides is 1. The third kappa shape index (κ3) is 6.09. The van der Waals surface area contributed by atoms with Crippen LogP contribution in [0, 0.1) is 0 Å². The molecule has 2 amide bonds. The number of nitrogens with one attached hydrogen (secondary N) is 2. The van der Waals surface area contributed by atoms with Crippen molar-refractivity contribution < 1.29 is 18.0 Å². The van der Waals surface area contributed by atoms with Crippen molar-refractivity contribution in [2.45, 2.75) is 43.5 Å². The van der Waals surface area contributed by atoms with Gasteiger partial charge in [0.25, 0.3) is 5.91 Å². The van der Waals surface area contributed by atoms with E-state index >= 15 is 0 Å². The van der Waals surface area contributed by atoms with Gasteiger partial charge in [-0.1, -0.05) is 51.6 Å². The first kappa shape index (κ1) is 24.7. The van der Waals surface area contributed by atoms with E-state index in [4.69, 9.17) is 0 Å². The second-order valence-electron chi connectivity index (χ2n) is 9.21. The van der Waals surface area contributed by atoms with Gasteiger partial charge in [-0.2, -0.15) is 4.31 Å². The Kier molecular flexibility index (Phi) is 7.39. The SMILES string of the molecule is C=CC(=O)NC1CN(S(=O)(=O)c2ccc(C(=O)NCCc3ccc(C(C)(C)C)cc3)cc2)C1. The number of amides is 2. The molecule has 1 aliphatic heterocycles. The minimum Gasteiger partial charge on any atom is -0.352 e. The Morgan fingerprint density at radius 2 is 1.67 bits per heavy atom. The van der Waals surface area contributed by atoms with Gasteiger partial charge in [-0.3, -0.25) is 9.59 Å². The molecular formula is C25H31N3O4S. The van der Waals surface area contributed by atoms with Crippen molar-refractivity contribution in [3.05, 3.63) is 77.9 Å². The average molecular weight is 470 g/mol. The van der Waals surface area contributed by atoms with Crippen LogP contribution in [0.1, 0.15) is 42.3 Å². The number of hydrogen-bond acceptors (Lipinski definition) is 4. The molecule has 0 radical (unpaired) electrons. The molecule has 2 aromatic rings. The Bertz CT molecular complexity index is 1110. The third-order valence-corrected chi connectivity index (χ3v) is 7.50. The lowest BCUT2D eigenvalue weighted by atomic mass is 9.86. The number of nitrogens with zero attached hydrogens (tertiary/aromatic N) is 1. The van der Waals surface area contributed by atoms with Crippen molar-refractivity contribution in [1.82, 2.24) is 14.9 Å². The molecule has 176 valence electrons. The highest BCUT2D eigenvalue weighted by Gasteiger charge is 2.37. The Morgan fingerprint density at radius 1 is 1.06 bits per heavy atom. The summed E-state index contributed by atoms with van der Waals surface area (Å²) in [6, 6.07) is 14.1. The number of carbonyl (C=O) groups excluding carboxylic acids is 2. The van der Waals surface area contributed by atoms with Gasteiger partial charge in [0.05, 0.1) is 10.9 Å². The van der Waals surface area contributed by atoms with E-state index in [1.807, 2.05) is 0 Å². The predicted molar refractivity (Wildman–Crippen MR) is 129 cm³/mol. The maximum Gasteiger partial charge on any atom is 0.251 e. The van der Waals surface area contributed by atoms with Gasteiger partial charge in [0.2, 0.25) is 15.9 Å². The standard InChI is InChI=1S/C25H31N3O4S/c1-5-23(29)27-21-16-28(17-21)33(31,32)22-12-8-19(9-13-22)24(30)26-15-14-18-6-10-20(11-7-18)25(2,3)4/h5-13,21H,1,14-17H2,2-4H3,(H,26,30)(H,27,29). The van der Waals surface area contributed by atoms with Gasteiger partial charge < -0.3 is 10.6 Å². The van der Waals surface area contributed by atoms with Crippen molar-refractivity contribution in [2.75, 3.05) is 19.6 Å². The van der Waals surface area contributed by atoms with Gasteiger partial charge in [-0.05, 0) is 53.3 Å². The first-order valence-electron chi connectivity index (χ1n) is 10.9. The van der Waals surface area contributed by atoms with Crippen molar-refractivity contribution in [2.24, 2.45) is 0 Å². The number of carbonyl (C=O) groups is 2. The molecule has 0 unspecified atom stereocenters. The van der Waals surface area contributed by atoms with E-state index in [0.29, 0.717) is 18.5 Å². The summed E-state index contributed by atoms with van der Waals surface area (Å²) in [7, 11) is -3.66. The minimum atomic E-state index is -3.66. The highest BCUT2D eigenvalue weighted by atomic mass is 32.2. The molecule has 0 saturated carbocycles. The Hall–Kier alpha value is -2.97. The first-order valence-corrected chi connectivity index (χ1v) is 12.4. The highest BCUT2D eigenvalue weighted by molar-refractivity contribution is 7.89. The molecule has 7 nitrogen and oxygen atoms in total. The third-order valence-electron chi connectivity index (χ3n) is 5.65. The van der Waals surface area contributed by atoms with E-state index in [1.54, 1.807) is 0 Å². The summed E-state index contributed by atoms with van der Waals surface area (Å²) in [4.78, 5) is 23.9. The fourth-order valence-corrected chi connectivity index (χ4v) is 5.04. The fraction of sp³-hybridized carbons (Fsp3) is 0.360. The normalized spacial score (nSPS) is 14.9. The second kappa shape index (κ2) is 9.89. The lowest BCUT2D eigenvalue weighted by molar-refractivity contribution is -0.117. The van der Waals surface area contributed by atoms with Crippen molar-refractivity contribution >= 4 is 21.8 Å². The summed E-state index contributed by atoms with van der Waals surface area (Å²) in [5.74, 6) is -0.573. The van der Waals surface area contributed by atoms with E-state index in [0.717, 1.165) is 11.6 Å². The van der Waals surface area contributed by atoms with Crippen LogP contribution in [0.15, 0.2) is 66.1 Å². The van der Waals surface area contributed by atoms with E-state index in [1.165, 1.54) is 34.1 Å². The molecule has 1 saturated heterocycles. The van der Waals surface area contributed by atoms with Crippen LogP contribution in [-0.4, -0.2) is 50.2 Å². The molecule has 0 aliphatic carbocycles. The zero-order chi connectivity index (χ0) is 24.2. The molecule has 0 atom stereocenters. The smallest absolute Gasteiger partial charge is 0.251 e. The minimum absolute atomic E-state index is 0.102. The molecule has 1 fully saturated rings. The topological polar surface area (TPSA) is 95.6 Å². The van der Waals surface area contributed by atoms with Crippen LogP contribution in [0.2, 0.25) is 0 Å². The molecular weight excluding hydrogens is 438 g/mol. The van der Waals surface area contributed by atoms with E-state index in [9.17, 15) is 18.0 Å². The molecule has 2 aromatic carbocycles. The van der Waals surface area contributed by atoms with Gasteiger partial charge in [0, 0.05) is 25.2 Å². The number of hydrogen-bond donors (Lipinski definition) is 2. The van der Waals surface area contributed by atoms with Gasteiger partial charge >= 0.3 is 0 Å². The fourth-order valence-electron chi connectivity index (χ4n) is 3.51. The Labute approximate surface area is 195 Å². The molecule has 2 N–H and O–H groups in total. The van der Waals surface area contributed by atoms with Gasteiger partial charge in [-0.25, -0.2) is 8.42 Å². The van der Waals surface area contributed by atoms with Gasteiger partial charge in [-0.15, -0.1) is 0 Å². The summed E-state index contributed by atoms with van der Waals surface area (Å²) in [5, 5.41) is 5.55. The molecule has 1 aliphatic rings. The van der Waals surface area contributed by atoms with E-state index in [2.05, 4.69) is 62.2 Å². The van der Waals surface area contributed by atoms with E-state index in [-0.39, 0.29) is 41.3 Å². The molecule has 3 rings (SSSR count). The zero-order valence-electron chi connectivity index (χ0n) is 19.3. The van der Waals surface area contributed by atoms with Gasteiger partial charge in [0.15, 0.2) is 0 Å². The van der Waals surface area contributed by atoms with Crippen LogP contribution < -0.4 is 10.6 Å². The number of benzene rings is 2. The van der Waals surface area contributed by atoms with Gasteiger partial charge in [0.1, 0.15) is 0 Å². The average Bonchev–Trinajstić information content (AvgIpc) is 2.75. The maximum absolute atomic E-state index is 12.7. The summed E-state index contributed by atoms with van der Waals surface area (Å²) >= 11 is 0. The summed E-state index contributed by atoms with van der Waals surface area (Å²) < 4.78 is 26.7. The summed E-state index contributed by atoms with van der Waals surface area (Å²) in [6.07, 6.45) is 1.87. The highest BCUT2D eigenvalue weighted by Crippen LogP contribution is 2.23. The lowest BCUT2D eigenvalue weighted by Crippen LogP contribution is -2.60. The molecule has 33 heavy (non-hydrogen) atoms. The van der Waals surface area contributed by atoms with Crippen LogP contribution >= 0.6 is 0 Å². The quantitative estimate of drug-likeness (QED) is 0.581. The maximum atomic E-state index is 12.7.